The Morgan fingerprint density at radius 1 is 0.917 bits per heavy atom. The first kappa shape index (κ1) is 16.2. The molecule has 0 unspecified atom stereocenters. The number of hydrogen-bond donors (Lipinski definition) is 0. The summed E-state index contributed by atoms with van der Waals surface area (Å²) in [5.41, 5.74) is 1.52. The predicted octanol–water partition coefficient (Wildman–Crippen LogP) is 2.99. The van der Waals surface area contributed by atoms with E-state index in [-0.39, 0.29) is 11.7 Å². The third kappa shape index (κ3) is 3.30. The van der Waals surface area contributed by atoms with Crippen molar-refractivity contribution in [3.8, 4) is 0 Å². The van der Waals surface area contributed by atoms with Crippen molar-refractivity contribution < 1.29 is 14.0 Å². The summed E-state index contributed by atoms with van der Waals surface area (Å²) in [4.78, 5) is 27.4. The lowest BCUT2D eigenvalue weighted by molar-refractivity contribution is 0.0746. The van der Waals surface area contributed by atoms with Crippen molar-refractivity contribution in [2.24, 2.45) is 0 Å². The van der Waals surface area contributed by atoms with Gasteiger partial charge in [0.15, 0.2) is 5.78 Å². The fourth-order valence-corrected chi connectivity index (χ4v) is 2.90. The van der Waals surface area contributed by atoms with Gasteiger partial charge in [-0.2, -0.15) is 0 Å². The van der Waals surface area contributed by atoms with E-state index in [9.17, 15) is 14.0 Å². The van der Waals surface area contributed by atoms with Crippen LogP contribution >= 0.6 is 0 Å². The molecule has 0 bridgehead atoms. The van der Waals surface area contributed by atoms with Gasteiger partial charge in [0.1, 0.15) is 5.82 Å². The first-order chi connectivity index (χ1) is 11.6. The van der Waals surface area contributed by atoms with Gasteiger partial charge in [-0.25, -0.2) is 4.39 Å². The van der Waals surface area contributed by atoms with Gasteiger partial charge >= 0.3 is 0 Å². The topological polar surface area (TPSA) is 40.6 Å². The number of Topliss-reactive ketones (excluding diaryl/α,β-unsaturated/α-hetero) is 1. The van der Waals surface area contributed by atoms with E-state index < -0.39 is 5.82 Å². The van der Waals surface area contributed by atoms with Gasteiger partial charge in [0, 0.05) is 37.3 Å². The Kier molecular flexibility index (Phi) is 4.60. The molecule has 1 heterocycles. The summed E-state index contributed by atoms with van der Waals surface area (Å²) in [6.45, 7) is 3.63. The summed E-state index contributed by atoms with van der Waals surface area (Å²) in [7, 11) is 0. The van der Waals surface area contributed by atoms with Gasteiger partial charge in [-0.1, -0.05) is 18.2 Å². The number of benzene rings is 2. The van der Waals surface area contributed by atoms with Crippen molar-refractivity contribution in [3.05, 3.63) is 65.5 Å². The highest BCUT2D eigenvalue weighted by Crippen LogP contribution is 2.22. The van der Waals surface area contributed by atoms with Crippen molar-refractivity contribution in [1.82, 2.24) is 4.90 Å². The van der Waals surface area contributed by atoms with E-state index in [0.717, 1.165) is 0 Å². The van der Waals surface area contributed by atoms with Crippen molar-refractivity contribution in [2.45, 2.75) is 6.92 Å². The minimum atomic E-state index is -0.398. The zero-order valence-corrected chi connectivity index (χ0v) is 13.5. The maximum Gasteiger partial charge on any atom is 0.253 e. The van der Waals surface area contributed by atoms with Gasteiger partial charge in [0.05, 0.1) is 5.69 Å². The highest BCUT2D eigenvalue weighted by Gasteiger charge is 2.23. The van der Waals surface area contributed by atoms with Crippen LogP contribution in [0.2, 0.25) is 0 Å². The molecule has 3 rings (SSSR count). The molecule has 0 aliphatic carbocycles. The average Bonchev–Trinajstić information content (AvgIpc) is 2.62. The second kappa shape index (κ2) is 6.83. The van der Waals surface area contributed by atoms with Gasteiger partial charge in [0.2, 0.25) is 0 Å². The summed E-state index contributed by atoms with van der Waals surface area (Å²) in [5, 5.41) is 0. The summed E-state index contributed by atoms with van der Waals surface area (Å²) >= 11 is 0. The summed E-state index contributed by atoms with van der Waals surface area (Å²) in [6, 6.07) is 13.7. The van der Waals surface area contributed by atoms with Crippen LogP contribution in [0.5, 0.6) is 0 Å². The fourth-order valence-electron chi connectivity index (χ4n) is 2.90. The van der Waals surface area contributed by atoms with Crippen molar-refractivity contribution in [3.63, 3.8) is 0 Å². The number of hydrogen-bond acceptors (Lipinski definition) is 3. The zero-order valence-electron chi connectivity index (χ0n) is 13.5. The molecule has 1 fully saturated rings. The lowest BCUT2D eigenvalue weighted by Gasteiger charge is -2.36. The number of anilines is 1. The van der Waals surface area contributed by atoms with Gasteiger partial charge in [-0.15, -0.1) is 0 Å². The Labute approximate surface area is 140 Å². The molecule has 0 N–H and O–H groups in total. The van der Waals surface area contributed by atoms with E-state index in [2.05, 4.69) is 0 Å². The molecule has 0 atom stereocenters. The number of ketones is 1. The molecule has 2 aromatic carbocycles. The maximum atomic E-state index is 14.2. The molecule has 1 amide bonds. The van der Waals surface area contributed by atoms with E-state index >= 15 is 0 Å². The molecule has 124 valence electrons. The number of piperazine rings is 1. The number of carbonyl (C=O) groups excluding carboxylic acids is 2. The first-order valence-electron chi connectivity index (χ1n) is 7.96. The number of halogens is 1. The molecule has 0 spiro atoms. The second-order valence-corrected chi connectivity index (χ2v) is 5.87. The van der Waals surface area contributed by atoms with Crippen molar-refractivity contribution >= 4 is 17.4 Å². The molecular weight excluding hydrogens is 307 g/mol. The average molecular weight is 326 g/mol. The van der Waals surface area contributed by atoms with Crippen LogP contribution in [0.4, 0.5) is 10.1 Å². The largest absolute Gasteiger partial charge is 0.366 e. The minimum absolute atomic E-state index is 0.00245. The molecule has 0 aromatic heterocycles. The smallest absolute Gasteiger partial charge is 0.253 e. The molecule has 24 heavy (non-hydrogen) atoms. The number of rotatable bonds is 3. The number of carbonyl (C=O) groups is 2. The Morgan fingerprint density at radius 2 is 1.58 bits per heavy atom. The third-order valence-corrected chi connectivity index (χ3v) is 4.28. The second-order valence-electron chi connectivity index (χ2n) is 5.87. The Balaban J connectivity index is 1.67. The number of amides is 1. The monoisotopic (exact) mass is 326 g/mol. The molecule has 0 radical (unpaired) electrons. The predicted molar refractivity (Wildman–Crippen MR) is 91.0 cm³/mol. The highest BCUT2D eigenvalue weighted by atomic mass is 19.1. The SMILES string of the molecule is CC(=O)c1ccc(N2CCN(C(=O)c3ccccc3)CC2)c(F)c1. The Bertz CT molecular complexity index is 753. The van der Waals surface area contributed by atoms with E-state index in [1.165, 1.54) is 13.0 Å². The first-order valence-corrected chi connectivity index (χ1v) is 7.96. The van der Waals surface area contributed by atoms with Crippen LogP contribution in [0.3, 0.4) is 0 Å². The molecule has 2 aromatic rings. The number of nitrogens with zero attached hydrogens (tertiary/aromatic N) is 2. The molecule has 5 heteroatoms. The Hall–Kier alpha value is -2.69. The molecule has 1 saturated heterocycles. The standard InChI is InChI=1S/C19H19FN2O2/c1-14(23)16-7-8-18(17(20)13-16)21-9-11-22(12-10-21)19(24)15-5-3-2-4-6-15/h2-8,13H,9-12H2,1H3. The van der Waals surface area contributed by atoms with Crippen molar-refractivity contribution in [2.75, 3.05) is 31.1 Å². The van der Waals surface area contributed by atoms with Crippen LogP contribution in [0, 0.1) is 5.82 Å². The van der Waals surface area contributed by atoms with Crippen LogP contribution in [0.25, 0.3) is 0 Å². The van der Waals surface area contributed by atoms with Crippen LogP contribution in [-0.4, -0.2) is 42.8 Å². The van der Waals surface area contributed by atoms with E-state index in [4.69, 9.17) is 0 Å². The molecule has 4 nitrogen and oxygen atoms in total. The third-order valence-electron chi connectivity index (χ3n) is 4.28. The van der Waals surface area contributed by atoms with Gasteiger partial charge in [-0.05, 0) is 37.3 Å². The van der Waals surface area contributed by atoms with Crippen molar-refractivity contribution in [1.29, 1.82) is 0 Å². The van der Waals surface area contributed by atoms with E-state index in [0.29, 0.717) is 43.0 Å². The quantitative estimate of drug-likeness (QED) is 0.814. The van der Waals surface area contributed by atoms with Gasteiger partial charge < -0.3 is 9.80 Å². The molecular formula is C19H19FN2O2. The summed E-state index contributed by atoms with van der Waals surface area (Å²) in [6.07, 6.45) is 0. The minimum Gasteiger partial charge on any atom is -0.366 e. The fraction of sp³-hybridized carbons (Fsp3) is 0.263. The summed E-state index contributed by atoms with van der Waals surface area (Å²) < 4.78 is 14.2. The van der Waals surface area contributed by atoms with Crippen LogP contribution in [0.1, 0.15) is 27.6 Å². The van der Waals surface area contributed by atoms with Crippen LogP contribution < -0.4 is 4.90 Å². The summed E-state index contributed by atoms with van der Waals surface area (Å²) in [5.74, 6) is -0.549. The Morgan fingerprint density at radius 3 is 2.17 bits per heavy atom. The van der Waals surface area contributed by atoms with Crippen LogP contribution in [0.15, 0.2) is 48.5 Å². The van der Waals surface area contributed by atoms with E-state index in [1.54, 1.807) is 29.2 Å². The maximum absolute atomic E-state index is 14.2. The van der Waals surface area contributed by atoms with Gasteiger partial charge in [-0.3, -0.25) is 9.59 Å². The lowest BCUT2D eigenvalue weighted by atomic mass is 10.1. The zero-order chi connectivity index (χ0) is 17.1. The highest BCUT2D eigenvalue weighted by molar-refractivity contribution is 5.95. The van der Waals surface area contributed by atoms with Gasteiger partial charge in [0.25, 0.3) is 5.91 Å². The van der Waals surface area contributed by atoms with E-state index in [1.807, 2.05) is 23.1 Å². The normalized spacial score (nSPS) is 14.6. The lowest BCUT2D eigenvalue weighted by Crippen LogP contribution is -2.49. The van der Waals surface area contributed by atoms with Crippen LogP contribution in [-0.2, 0) is 0 Å². The molecule has 1 aliphatic heterocycles. The molecule has 0 saturated carbocycles. The molecule has 1 aliphatic rings.